The third-order valence-corrected chi connectivity index (χ3v) is 7.11. The van der Waals surface area contributed by atoms with Gasteiger partial charge in [0, 0.05) is 12.0 Å². The molecule has 0 bridgehead atoms. The topological polar surface area (TPSA) is 18.5 Å². The number of rotatable bonds is 4. The Balaban J connectivity index is 1.91. The Labute approximate surface area is 140 Å². The predicted octanol–water partition coefficient (Wildman–Crippen LogP) is 4.76. The molecule has 0 amide bonds. The van der Waals surface area contributed by atoms with Crippen molar-refractivity contribution in [3.63, 3.8) is 0 Å². The van der Waals surface area contributed by atoms with Gasteiger partial charge in [0.25, 0.3) is 0 Å². The molecule has 23 heavy (non-hydrogen) atoms. The lowest BCUT2D eigenvalue weighted by Crippen LogP contribution is -2.51. The van der Waals surface area contributed by atoms with E-state index in [1.807, 2.05) is 6.07 Å². The van der Waals surface area contributed by atoms with Crippen LogP contribution in [-0.4, -0.2) is 20.3 Å². The van der Waals surface area contributed by atoms with E-state index in [1.165, 1.54) is 5.56 Å². The molecule has 3 heteroatoms. The number of hydrogen-bond acceptors (Lipinski definition) is 2. The minimum absolute atomic E-state index is 0.0853. The molecular formula is C20H26O2Si. The van der Waals surface area contributed by atoms with Gasteiger partial charge in [-0.2, -0.15) is 0 Å². The van der Waals surface area contributed by atoms with E-state index >= 15 is 0 Å². The molecule has 2 aromatic carbocycles. The number of ether oxygens (including phenoxy) is 2. The zero-order chi connectivity index (χ0) is 16.5. The SMILES string of the molecule is C[C@H]1OC(c2ccccc2)([Si](C)(C)C)O[C@@H]1Cc1ccccc1. The Morgan fingerprint density at radius 3 is 2.00 bits per heavy atom. The molecule has 0 spiro atoms. The molecular weight excluding hydrogens is 300 g/mol. The van der Waals surface area contributed by atoms with Gasteiger partial charge in [-0.1, -0.05) is 80.3 Å². The third kappa shape index (κ3) is 3.14. The molecule has 0 aromatic heterocycles. The Hall–Kier alpha value is -1.42. The summed E-state index contributed by atoms with van der Waals surface area (Å²) in [5.41, 5.74) is 1.89. The first-order valence-corrected chi connectivity index (χ1v) is 11.9. The number of benzene rings is 2. The lowest BCUT2D eigenvalue weighted by atomic mass is 10.1. The molecule has 1 unspecified atom stereocenters. The Morgan fingerprint density at radius 1 is 0.870 bits per heavy atom. The van der Waals surface area contributed by atoms with Crippen LogP contribution < -0.4 is 0 Å². The van der Waals surface area contributed by atoms with Gasteiger partial charge in [-0.05, 0) is 12.5 Å². The van der Waals surface area contributed by atoms with Gasteiger partial charge in [0.2, 0.25) is 0 Å². The van der Waals surface area contributed by atoms with Gasteiger partial charge in [0.15, 0.2) is 5.41 Å². The molecule has 0 aliphatic carbocycles. The van der Waals surface area contributed by atoms with Gasteiger partial charge in [-0.25, -0.2) is 0 Å². The summed E-state index contributed by atoms with van der Waals surface area (Å²) in [4.78, 5) is 0. The van der Waals surface area contributed by atoms with Gasteiger partial charge < -0.3 is 9.47 Å². The summed E-state index contributed by atoms with van der Waals surface area (Å²) in [7, 11) is -1.76. The fraction of sp³-hybridized carbons (Fsp3) is 0.400. The highest BCUT2D eigenvalue weighted by molar-refractivity contribution is 6.78. The van der Waals surface area contributed by atoms with Crippen molar-refractivity contribution < 1.29 is 9.47 Å². The molecule has 1 aliphatic heterocycles. The molecule has 1 heterocycles. The van der Waals surface area contributed by atoms with E-state index in [-0.39, 0.29) is 12.2 Å². The van der Waals surface area contributed by atoms with Crippen LogP contribution in [0.15, 0.2) is 60.7 Å². The van der Waals surface area contributed by atoms with Crippen LogP contribution in [0.25, 0.3) is 0 Å². The van der Waals surface area contributed by atoms with Crippen molar-refractivity contribution in [3.8, 4) is 0 Å². The second kappa shape index (κ2) is 6.23. The standard InChI is InChI=1S/C20H26O2Si/c1-16-19(15-17-11-7-5-8-12-17)22-20(21-16,23(2,3)4)18-13-9-6-10-14-18/h5-14,16,19H,15H2,1-4H3/t16-,19-,20?/m1/s1. The van der Waals surface area contributed by atoms with Crippen LogP contribution in [0.2, 0.25) is 19.6 Å². The van der Waals surface area contributed by atoms with Crippen molar-refractivity contribution in [3.05, 3.63) is 71.8 Å². The molecule has 0 N–H and O–H groups in total. The largest absolute Gasteiger partial charge is 0.344 e. The fourth-order valence-electron chi connectivity index (χ4n) is 3.31. The molecule has 0 saturated carbocycles. The van der Waals surface area contributed by atoms with Crippen LogP contribution in [0.3, 0.4) is 0 Å². The van der Waals surface area contributed by atoms with E-state index in [0.717, 1.165) is 12.0 Å². The van der Waals surface area contributed by atoms with Crippen molar-refractivity contribution in [1.82, 2.24) is 0 Å². The van der Waals surface area contributed by atoms with E-state index in [4.69, 9.17) is 9.47 Å². The maximum Gasteiger partial charge on any atom is 0.176 e. The fourth-order valence-corrected chi connectivity index (χ4v) is 5.39. The summed E-state index contributed by atoms with van der Waals surface area (Å²) in [6.45, 7) is 9.09. The minimum atomic E-state index is -1.76. The van der Waals surface area contributed by atoms with Crippen LogP contribution in [0, 0.1) is 0 Å². The van der Waals surface area contributed by atoms with E-state index in [0.29, 0.717) is 0 Å². The monoisotopic (exact) mass is 326 g/mol. The summed E-state index contributed by atoms with van der Waals surface area (Å²) in [5.74, 6) is 0. The van der Waals surface area contributed by atoms with Crippen molar-refractivity contribution in [2.45, 2.75) is 50.6 Å². The third-order valence-electron chi connectivity index (χ3n) is 4.61. The first-order valence-electron chi connectivity index (χ1n) is 8.37. The molecule has 2 nitrogen and oxygen atoms in total. The van der Waals surface area contributed by atoms with Gasteiger partial charge in [-0.3, -0.25) is 0 Å². The smallest absolute Gasteiger partial charge is 0.176 e. The molecule has 3 rings (SSSR count). The number of hydrogen-bond donors (Lipinski definition) is 0. The Bertz CT molecular complexity index is 636. The van der Waals surface area contributed by atoms with Crippen molar-refractivity contribution >= 4 is 8.07 Å². The van der Waals surface area contributed by atoms with Crippen molar-refractivity contribution in [2.24, 2.45) is 0 Å². The zero-order valence-corrected chi connectivity index (χ0v) is 15.5. The highest BCUT2D eigenvalue weighted by atomic mass is 28.3. The van der Waals surface area contributed by atoms with E-state index in [1.54, 1.807) is 0 Å². The minimum Gasteiger partial charge on any atom is -0.344 e. The van der Waals surface area contributed by atoms with Crippen molar-refractivity contribution in [2.75, 3.05) is 0 Å². The molecule has 0 radical (unpaired) electrons. The van der Waals surface area contributed by atoms with Crippen LogP contribution in [-0.2, 0) is 21.3 Å². The van der Waals surface area contributed by atoms with Gasteiger partial charge in [0.1, 0.15) is 8.07 Å². The van der Waals surface area contributed by atoms with Crippen molar-refractivity contribution in [1.29, 1.82) is 0 Å². The maximum absolute atomic E-state index is 6.66. The van der Waals surface area contributed by atoms with Crippen LogP contribution in [0.4, 0.5) is 0 Å². The van der Waals surface area contributed by atoms with Gasteiger partial charge >= 0.3 is 0 Å². The van der Waals surface area contributed by atoms with Crippen LogP contribution in [0.1, 0.15) is 18.1 Å². The normalized spacial score (nSPS) is 28.0. The molecule has 2 aromatic rings. The van der Waals surface area contributed by atoms with E-state index in [2.05, 4.69) is 81.2 Å². The lowest BCUT2D eigenvalue weighted by molar-refractivity contribution is -0.122. The molecule has 1 aliphatic rings. The predicted molar refractivity (Wildman–Crippen MR) is 97.0 cm³/mol. The van der Waals surface area contributed by atoms with Crippen LogP contribution in [0.5, 0.6) is 0 Å². The van der Waals surface area contributed by atoms with Gasteiger partial charge in [0.05, 0.1) is 12.2 Å². The van der Waals surface area contributed by atoms with Crippen LogP contribution >= 0.6 is 0 Å². The zero-order valence-electron chi connectivity index (χ0n) is 14.5. The Morgan fingerprint density at radius 2 is 1.43 bits per heavy atom. The average molecular weight is 327 g/mol. The highest BCUT2D eigenvalue weighted by Crippen LogP contribution is 2.45. The second-order valence-corrected chi connectivity index (χ2v) is 12.6. The Kier molecular flexibility index (Phi) is 4.45. The lowest BCUT2D eigenvalue weighted by Gasteiger charge is -2.39. The van der Waals surface area contributed by atoms with E-state index < -0.39 is 13.5 Å². The molecule has 3 atom stereocenters. The summed E-state index contributed by atoms with van der Waals surface area (Å²) in [6.07, 6.45) is 1.06. The molecule has 122 valence electrons. The highest BCUT2D eigenvalue weighted by Gasteiger charge is 2.55. The second-order valence-electron chi connectivity index (χ2n) is 7.40. The summed E-state index contributed by atoms with van der Waals surface area (Å²) in [6, 6.07) is 21.0. The molecule has 1 fully saturated rings. The quantitative estimate of drug-likeness (QED) is 0.754. The summed E-state index contributed by atoms with van der Waals surface area (Å²) < 4.78 is 13.2. The maximum atomic E-state index is 6.66. The van der Waals surface area contributed by atoms with Gasteiger partial charge in [-0.15, -0.1) is 0 Å². The first kappa shape index (κ1) is 16.4. The summed E-state index contributed by atoms with van der Waals surface area (Å²) in [5, 5.41) is 0. The summed E-state index contributed by atoms with van der Waals surface area (Å²) >= 11 is 0. The first-order chi connectivity index (χ1) is 10.9. The molecule has 1 saturated heterocycles. The average Bonchev–Trinajstić information content (AvgIpc) is 2.87. The van der Waals surface area contributed by atoms with E-state index in [9.17, 15) is 0 Å².